The summed E-state index contributed by atoms with van der Waals surface area (Å²) in [4.78, 5) is 14.5. The van der Waals surface area contributed by atoms with Gasteiger partial charge >= 0.3 is 0 Å². The van der Waals surface area contributed by atoms with Crippen LogP contribution in [0.25, 0.3) is 61.4 Å². The van der Waals surface area contributed by atoms with Gasteiger partial charge in [0.1, 0.15) is 11.6 Å². The Morgan fingerprint density at radius 2 is 1.19 bits per heavy atom. The molecule has 0 aliphatic heterocycles. The molecule has 0 unspecified atom stereocenters. The smallest absolute Gasteiger partial charge is 0.297 e. The number of hydrogen-bond acceptors (Lipinski definition) is 4. The van der Waals surface area contributed by atoms with E-state index in [-0.39, 0.29) is 48.8 Å². The van der Waals surface area contributed by atoms with E-state index in [9.17, 15) is 5.11 Å². The van der Waals surface area contributed by atoms with Crippen LogP contribution in [0.4, 0.5) is 8.78 Å². The molecule has 0 atom stereocenters. The van der Waals surface area contributed by atoms with Crippen LogP contribution < -0.4 is 0 Å². The first kappa shape index (κ1) is 39.7. The molecular formula is C49H43F2N4OPt-. The zero-order chi connectivity index (χ0) is 39.6. The SMILES string of the molecule is Cc1ccnc2c(-c3[c-]c(-c4cc(C(F)(F)c5ccccc5)cc5c4nc(-c4cc(C(C)(C)C)ccc4O)n5-c4ccc(C(C)(C)C)cc4)ccc3)ccnc12.[Pt]. The van der Waals surface area contributed by atoms with Crippen molar-refractivity contribution in [2.75, 3.05) is 0 Å². The van der Waals surface area contributed by atoms with Crippen molar-refractivity contribution in [3.63, 3.8) is 0 Å². The molecular weight excluding hydrogens is 894 g/mol. The molecule has 5 nitrogen and oxygen atoms in total. The van der Waals surface area contributed by atoms with E-state index in [1.165, 1.54) is 24.3 Å². The van der Waals surface area contributed by atoms with Crippen LogP contribution in [0.5, 0.6) is 5.75 Å². The molecule has 0 bridgehead atoms. The average molecular weight is 937 g/mol. The van der Waals surface area contributed by atoms with Gasteiger partial charge in [-0.05, 0) is 70.8 Å². The van der Waals surface area contributed by atoms with Gasteiger partial charge in [0, 0.05) is 50.3 Å². The number of imidazole rings is 1. The Bertz CT molecular complexity index is 2760. The first-order chi connectivity index (χ1) is 26.6. The molecule has 8 rings (SSSR count). The summed E-state index contributed by atoms with van der Waals surface area (Å²) in [5, 5.41) is 11.5. The van der Waals surface area contributed by atoms with Gasteiger partial charge in [0.25, 0.3) is 5.92 Å². The van der Waals surface area contributed by atoms with Crippen LogP contribution in [0.15, 0.2) is 128 Å². The fourth-order valence-corrected chi connectivity index (χ4v) is 7.29. The summed E-state index contributed by atoms with van der Waals surface area (Å²) < 4.78 is 35.6. The van der Waals surface area contributed by atoms with Gasteiger partial charge in [-0.1, -0.05) is 113 Å². The number of aromatic nitrogens is 4. The van der Waals surface area contributed by atoms with Crippen molar-refractivity contribution in [3.05, 3.63) is 162 Å². The van der Waals surface area contributed by atoms with Gasteiger partial charge in [-0.15, -0.1) is 35.4 Å². The quantitative estimate of drug-likeness (QED) is 0.169. The van der Waals surface area contributed by atoms with Gasteiger partial charge < -0.3 is 5.11 Å². The topological polar surface area (TPSA) is 63.8 Å². The van der Waals surface area contributed by atoms with Crippen molar-refractivity contribution in [1.82, 2.24) is 19.5 Å². The Hall–Kier alpha value is -5.52. The van der Waals surface area contributed by atoms with Crippen LogP contribution in [-0.4, -0.2) is 24.6 Å². The molecule has 0 saturated heterocycles. The van der Waals surface area contributed by atoms with E-state index in [1.54, 1.807) is 36.7 Å². The molecule has 3 heterocycles. The number of aryl methyl sites for hydroxylation is 1. The summed E-state index contributed by atoms with van der Waals surface area (Å²) in [7, 11) is 0. The molecule has 8 heteroatoms. The molecule has 8 aromatic rings. The molecule has 0 amide bonds. The molecule has 0 saturated carbocycles. The Labute approximate surface area is 346 Å². The molecule has 0 spiro atoms. The van der Waals surface area contributed by atoms with Gasteiger partial charge in [-0.25, -0.2) is 4.98 Å². The van der Waals surface area contributed by atoms with E-state index in [1.807, 2.05) is 66.1 Å². The van der Waals surface area contributed by atoms with Crippen LogP contribution >= 0.6 is 0 Å². The molecule has 0 fully saturated rings. The van der Waals surface area contributed by atoms with Crippen molar-refractivity contribution in [2.24, 2.45) is 0 Å². The second-order valence-electron chi connectivity index (χ2n) is 16.5. The largest absolute Gasteiger partial charge is 0.507 e. The fourth-order valence-electron chi connectivity index (χ4n) is 7.29. The second kappa shape index (κ2) is 14.8. The van der Waals surface area contributed by atoms with Crippen LogP contribution in [0.2, 0.25) is 0 Å². The van der Waals surface area contributed by atoms with Gasteiger partial charge in [0.15, 0.2) is 0 Å². The number of fused-ring (bicyclic) bond motifs is 2. The number of aromatic hydroxyl groups is 1. The monoisotopic (exact) mass is 936 g/mol. The normalized spacial score (nSPS) is 12.2. The third kappa shape index (κ3) is 7.30. The van der Waals surface area contributed by atoms with Crippen LogP contribution in [0.3, 0.4) is 0 Å². The Balaban J connectivity index is 0.00000496. The fraction of sp³-hybridized carbons (Fsp3) is 0.204. The average Bonchev–Trinajstić information content (AvgIpc) is 3.57. The third-order valence-electron chi connectivity index (χ3n) is 10.6. The molecule has 5 aromatic carbocycles. The minimum absolute atomic E-state index is 0. The van der Waals surface area contributed by atoms with Gasteiger partial charge in [-0.3, -0.25) is 14.5 Å². The van der Waals surface area contributed by atoms with Crippen LogP contribution in [0.1, 0.15) is 69.4 Å². The van der Waals surface area contributed by atoms with Crippen molar-refractivity contribution in [1.29, 1.82) is 0 Å². The van der Waals surface area contributed by atoms with E-state index in [2.05, 4.69) is 69.7 Å². The summed E-state index contributed by atoms with van der Waals surface area (Å²) in [5.74, 6) is -2.88. The van der Waals surface area contributed by atoms with E-state index < -0.39 is 5.92 Å². The number of nitrogens with zero attached hydrogens (tertiary/aromatic N) is 4. The van der Waals surface area contributed by atoms with Crippen molar-refractivity contribution >= 4 is 22.1 Å². The minimum Gasteiger partial charge on any atom is -0.507 e. The van der Waals surface area contributed by atoms with E-state index >= 15 is 8.78 Å². The molecule has 0 radical (unpaired) electrons. The summed E-state index contributed by atoms with van der Waals surface area (Å²) in [6.45, 7) is 14.8. The van der Waals surface area contributed by atoms with Gasteiger partial charge in [0.05, 0.1) is 27.6 Å². The molecule has 57 heavy (non-hydrogen) atoms. The van der Waals surface area contributed by atoms with E-state index in [4.69, 9.17) is 4.98 Å². The maximum atomic E-state index is 16.9. The first-order valence-electron chi connectivity index (χ1n) is 18.8. The number of halogens is 2. The van der Waals surface area contributed by atoms with Crippen molar-refractivity contribution < 1.29 is 35.0 Å². The molecule has 1 N–H and O–H groups in total. The predicted octanol–water partition coefficient (Wildman–Crippen LogP) is 12.5. The zero-order valence-corrected chi connectivity index (χ0v) is 35.2. The van der Waals surface area contributed by atoms with E-state index in [0.717, 1.165) is 44.5 Å². The third-order valence-corrected chi connectivity index (χ3v) is 10.6. The van der Waals surface area contributed by atoms with Gasteiger partial charge in [0.2, 0.25) is 0 Å². The maximum Gasteiger partial charge on any atom is 0.297 e. The summed E-state index contributed by atoms with van der Waals surface area (Å²) in [5.41, 5.74) is 8.82. The number of phenolic OH excluding ortho intramolecular Hbond substituents is 1. The predicted molar refractivity (Wildman–Crippen MR) is 223 cm³/mol. The standard InChI is InChI=1S/C49H43F2N4O.Pt/c1-30-22-24-53-45-38(23-25-52-43(30)45)31-12-11-13-32(26-31)39-28-36(49(50,51)34-14-9-8-10-15-34)29-41-44(39)54-46(40-27-35(48(5,6)7)18-21-42(40)56)55(41)37-19-16-33(17-20-37)47(2,3)4;/h8-25,27-29,56H,1-7H3;/q-1;. The first-order valence-corrected chi connectivity index (χ1v) is 18.8. The number of pyridine rings is 2. The number of benzene rings is 5. The van der Waals surface area contributed by atoms with Gasteiger partial charge in [-0.2, -0.15) is 8.78 Å². The summed E-state index contributed by atoms with van der Waals surface area (Å²) in [6.07, 6.45) is 3.51. The van der Waals surface area contributed by atoms with Crippen molar-refractivity contribution in [3.8, 4) is 45.1 Å². The maximum absolute atomic E-state index is 16.9. The number of phenols is 1. The van der Waals surface area contributed by atoms with Crippen LogP contribution in [-0.2, 0) is 37.8 Å². The van der Waals surface area contributed by atoms with Crippen LogP contribution in [0, 0.1) is 13.0 Å². The van der Waals surface area contributed by atoms with Crippen molar-refractivity contribution in [2.45, 2.75) is 65.2 Å². The number of alkyl halides is 2. The molecule has 290 valence electrons. The van der Waals surface area contributed by atoms with E-state index in [0.29, 0.717) is 33.5 Å². The molecule has 0 aliphatic rings. The zero-order valence-electron chi connectivity index (χ0n) is 32.9. The summed E-state index contributed by atoms with van der Waals surface area (Å²) >= 11 is 0. The Morgan fingerprint density at radius 3 is 1.88 bits per heavy atom. The Morgan fingerprint density at radius 1 is 0.579 bits per heavy atom. The Kier molecular flexibility index (Phi) is 10.3. The number of rotatable bonds is 6. The second-order valence-corrected chi connectivity index (χ2v) is 16.5. The number of hydrogen-bond donors (Lipinski definition) is 1. The minimum atomic E-state index is -3.36. The molecule has 3 aromatic heterocycles. The summed E-state index contributed by atoms with van der Waals surface area (Å²) in [6, 6.07) is 37.7. The molecule has 0 aliphatic carbocycles.